The van der Waals surface area contributed by atoms with Crippen LogP contribution in [0.4, 0.5) is 5.82 Å². The quantitative estimate of drug-likeness (QED) is 0.655. The number of halogens is 1. The number of ether oxygens (including phenoxy) is 1. The molecule has 0 fully saturated rings. The molecule has 1 N–H and O–H groups in total. The highest BCUT2D eigenvalue weighted by molar-refractivity contribution is 9.10. The minimum Gasteiger partial charge on any atom is -0.492 e. The minimum absolute atomic E-state index is 0.259. The first-order chi connectivity index (χ1) is 12.1. The predicted molar refractivity (Wildman–Crippen MR) is 99.0 cm³/mol. The minimum atomic E-state index is -0.259. The lowest BCUT2D eigenvalue weighted by atomic mass is 10.2. The van der Waals surface area contributed by atoms with Crippen molar-refractivity contribution >= 4 is 27.7 Å². The number of rotatable bonds is 6. The van der Waals surface area contributed by atoms with Crippen LogP contribution in [0.2, 0.25) is 0 Å². The van der Waals surface area contributed by atoms with E-state index in [-0.39, 0.29) is 5.91 Å². The Morgan fingerprint density at radius 2 is 2.00 bits per heavy atom. The summed E-state index contributed by atoms with van der Waals surface area (Å²) >= 11 is 3.45. The number of aromatic nitrogens is 1. The molecule has 0 spiro atoms. The van der Waals surface area contributed by atoms with E-state index in [9.17, 15) is 4.79 Å². The highest BCUT2D eigenvalue weighted by Crippen LogP contribution is 2.26. The van der Waals surface area contributed by atoms with E-state index in [0.717, 1.165) is 10.9 Å². The van der Waals surface area contributed by atoms with Crippen LogP contribution in [0.5, 0.6) is 5.75 Å². The van der Waals surface area contributed by atoms with Crippen molar-refractivity contribution in [3.63, 3.8) is 0 Å². The second kappa shape index (κ2) is 7.98. The molecule has 5 nitrogen and oxygen atoms in total. The number of hydrogen-bond acceptors (Lipinski definition) is 4. The first kappa shape index (κ1) is 17.2. The van der Waals surface area contributed by atoms with Gasteiger partial charge >= 0.3 is 0 Å². The maximum atomic E-state index is 12.2. The number of carbonyl (C=O) groups excluding carboxylic acids is 1. The van der Waals surface area contributed by atoms with Crippen molar-refractivity contribution in [3.8, 4) is 5.75 Å². The van der Waals surface area contributed by atoms with E-state index >= 15 is 0 Å². The van der Waals surface area contributed by atoms with Gasteiger partial charge in [-0.05, 0) is 46.6 Å². The van der Waals surface area contributed by atoms with Gasteiger partial charge in [0.05, 0.1) is 11.1 Å². The van der Waals surface area contributed by atoms with Crippen LogP contribution in [0.3, 0.4) is 0 Å². The molecule has 25 heavy (non-hydrogen) atoms. The zero-order valence-corrected chi connectivity index (χ0v) is 15.2. The van der Waals surface area contributed by atoms with Gasteiger partial charge in [-0.1, -0.05) is 35.5 Å². The largest absolute Gasteiger partial charge is 0.492 e. The molecule has 0 bridgehead atoms. The zero-order valence-electron chi connectivity index (χ0n) is 13.7. The van der Waals surface area contributed by atoms with Crippen LogP contribution < -0.4 is 10.1 Å². The van der Waals surface area contributed by atoms with Gasteiger partial charge in [0.25, 0.3) is 5.91 Å². The summed E-state index contributed by atoms with van der Waals surface area (Å²) < 4.78 is 11.4. The Morgan fingerprint density at radius 3 is 2.68 bits per heavy atom. The fourth-order valence-electron chi connectivity index (χ4n) is 2.30. The third-order valence-corrected chi connectivity index (χ3v) is 4.17. The molecule has 3 aromatic rings. The van der Waals surface area contributed by atoms with E-state index in [0.29, 0.717) is 29.5 Å². The predicted octanol–water partition coefficient (Wildman–Crippen LogP) is 4.62. The summed E-state index contributed by atoms with van der Waals surface area (Å²) in [5, 5.41) is 6.43. The molecule has 3 rings (SSSR count). The molecule has 2 aromatic carbocycles. The van der Waals surface area contributed by atoms with Crippen molar-refractivity contribution in [1.82, 2.24) is 5.16 Å². The monoisotopic (exact) mass is 400 g/mol. The molecule has 6 heteroatoms. The Morgan fingerprint density at radius 1 is 1.20 bits per heavy atom. The van der Waals surface area contributed by atoms with Gasteiger partial charge in [-0.3, -0.25) is 4.79 Å². The Bertz CT molecular complexity index is 862. The van der Waals surface area contributed by atoms with Crippen LogP contribution in [-0.2, 0) is 6.42 Å². The molecule has 1 aromatic heterocycles. The van der Waals surface area contributed by atoms with Crippen LogP contribution in [-0.4, -0.2) is 17.7 Å². The first-order valence-electron chi connectivity index (χ1n) is 7.83. The van der Waals surface area contributed by atoms with Crippen LogP contribution in [0.25, 0.3) is 0 Å². The van der Waals surface area contributed by atoms with Gasteiger partial charge in [0.1, 0.15) is 11.5 Å². The van der Waals surface area contributed by atoms with Crippen molar-refractivity contribution in [2.45, 2.75) is 13.3 Å². The fraction of sp³-hybridized carbons (Fsp3) is 0.158. The summed E-state index contributed by atoms with van der Waals surface area (Å²) in [5.74, 6) is 1.47. The van der Waals surface area contributed by atoms with Crippen molar-refractivity contribution in [1.29, 1.82) is 0 Å². The third-order valence-electron chi connectivity index (χ3n) is 3.55. The molecule has 0 atom stereocenters. The summed E-state index contributed by atoms with van der Waals surface area (Å²) in [6.07, 6.45) is 0.820. The molecular formula is C19H17BrN2O3. The molecule has 128 valence electrons. The van der Waals surface area contributed by atoms with E-state index in [4.69, 9.17) is 9.26 Å². The molecule has 1 amide bonds. The van der Waals surface area contributed by atoms with Gasteiger partial charge in [0.15, 0.2) is 5.82 Å². The highest BCUT2D eigenvalue weighted by atomic mass is 79.9. The molecule has 0 aliphatic heterocycles. The van der Waals surface area contributed by atoms with E-state index < -0.39 is 0 Å². The van der Waals surface area contributed by atoms with Gasteiger partial charge in [0.2, 0.25) is 0 Å². The number of nitrogens with one attached hydrogen (secondary N) is 1. The van der Waals surface area contributed by atoms with Crippen LogP contribution >= 0.6 is 15.9 Å². The van der Waals surface area contributed by atoms with E-state index in [1.807, 2.05) is 18.2 Å². The summed E-state index contributed by atoms with van der Waals surface area (Å²) in [6.45, 7) is 2.33. The molecular weight excluding hydrogens is 384 g/mol. The van der Waals surface area contributed by atoms with Gasteiger partial charge in [-0.2, -0.15) is 0 Å². The van der Waals surface area contributed by atoms with Gasteiger partial charge < -0.3 is 14.6 Å². The molecule has 1 heterocycles. The van der Waals surface area contributed by atoms with E-state index in [1.165, 1.54) is 5.56 Å². The lowest BCUT2D eigenvalue weighted by Gasteiger charge is -2.10. The van der Waals surface area contributed by atoms with Crippen molar-refractivity contribution in [2.24, 2.45) is 0 Å². The third kappa shape index (κ3) is 4.70. The summed E-state index contributed by atoms with van der Waals surface area (Å²) in [5.41, 5.74) is 1.72. The topological polar surface area (TPSA) is 64.4 Å². The normalized spacial score (nSPS) is 10.5. The number of amides is 1. The van der Waals surface area contributed by atoms with Crippen molar-refractivity contribution < 1.29 is 14.1 Å². The molecule has 0 aliphatic carbocycles. The molecule has 0 saturated heterocycles. The number of aryl methyl sites for hydroxylation is 1. The number of anilines is 1. The lowest BCUT2D eigenvalue weighted by molar-refractivity contribution is 0.102. The van der Waals surface area contributed by atoms with Gasteiger partial charge in [-0.25, -0.2) is 0 Å². The van der Waals surface area contributed by atoms with Crippen LogP contribution in [0.1, 0.15) is 21.7 Å². The number of benzene rings is 2. The van der Waals surface area contributed by atoms with Gasteiger partial charge in [0, 0.05) is 18.1 Å². The zero-order chi connectivity index (χ0) is 17.6. The summed E-state index contributed by atoms with van der Waals surface area (Å²) in [4.78, 5) is 12.2. The van der Waals surface area contributed by atoms with E-state index in [1.54, 1.807) is 31.2 Å². The maximum Gasteiger partial charge on any atom is 0.256 e. The average molecular weight is 401 g/mol. The summed E-state index contributed by atoms with van der Waals surface area (Å²) in [7, 11) is 0. The Kier molecular flexibility index (Phi) is 5.50. The average Bonchev–Trinajstić information content (AvgIpc) is 3.02. The fourth-order valence-corrected chi connectivity index (χ4v) is 2.79. The molecule has 0 radical (unpaired) electrons. The molecule has 0 unspecified atom stereocenters. The number of hydrogen-bond donors (Lipinski definition) is 1. The second-order valence-electron chi connectivity index (χ2n) is 5.51. The SMILES string of the molecule is Cc1cc(NC(=O)c2ccc(OCCc3ccccc3)c(Br)c2)no1. The van der Waals surface area contributed by atoms with E-state index in [2.05, 4.69) is 38.5 Å². The maximum absolute atomic E-state index is 12.2. The first-order valence-corrected chi connectivity index (χ1v) is 8.62. The number of carbonyl (C=O) groups is 1. The molecule has 0 aliphatic rings. The Balaban J connectivity index is 1.59. The standard InChI is InChI=1S/C19H17BrN2O3/c1-13-11-18(22-25-13)21-19(23)15-7-8-17(16(20)12-15)24-10-9-14-5-3-2-4-6-14/h2-8,11-12H,9-10H2,1H3,(H,21,22,23). The van der Waals surface area contributed by atoms with Crippen LogP contribution in [0, 0.1) is 6.92 Å². The van der Waals surface area contributed by atoms with Gasteiger partial charge in [-0.15, -0.1) is 0 Å². The smallest absolute Gasteiger partial charge is 0.256 e. The highest BCUT2D eigenvalue weighted by Gasteiger charge is 2.11. The Labute approximate surface area is 154 Å². The summed E-state index contributed by atoms with van der Waals surface area (Å²) in [6, 6.07) is 17.0. The second-order valence-corrected chi connectivity index (χ2v) is 6.36. The number of nitrogens with zero attached hydrogens (tertiary/aromatic N) is 1. The van der Waals surface area contributed by atoms with Crippen molar-refractivity contribution in [2.75, 3.05) is 11.9 Å². The Hall–Kier alpha value is -2.60. The molecule has 0 saturated carbocycles. The lowest BCUT2D eigenvalue weighted by Crippen LogP contribution is -2.12. The van der Waals surface area contributed by atoms with Crippen molar-refractivity contribution in [3.05, 3.63) is 76.0 Å². The van der Waals surface area contributed by atoms with Crippen LogP contribution in [0.15, 0.2) is 63.6 Å².